The van der Waals surface area contributed by atoms with Crippen molar-refractivity contribution in [2.45, 2.75) is 17.1 Å². The van der Waals surface area contributed by atoms with Crippen LogP contribution < -0.4 is 10.5 Å². The molecule has 0 spiro atoms. The van der Waals surface area contributed by atoms with Crippen LogP contribution in [0.4, 0.5) is 5.69 Å². The third-order valence-electron chi connectivity index (χ3n) is 3.32. The van der Waals surface area contributed by atoms with Gasteiger partial charge in [0.1, 0.15) is 5.75 Å². The van der Waals surface area contributed by atoms with Crippen LogP contribution in [0.15, 0.2) is 40.0 Å². The molecule has 2 aromatic rings. The van der Waals surface area contributed by atoms with Gasteiger partial charge in [-0.15, -0.1) is 0 Å². The minimum atomic E-state index is -3.55. The fourth-order valence-corrected chi connectivity index (χ4v) is 4.42. The normalized spacial score (nSPS) is 13.8. The van der Waals surface area contributed by atoms with Crippen molar-refractivity contribution in [3.63, 3.8) is 0 Å². The van der Waals surface area contributed by atoms with Gasteiger partial charge in [0.2, 0.25) is 0 Å². The lowest BCUT2D eigenvalue weighted by atomic mass is 10.1. The highest BCUT2D eigenvalue weighted by molar-refractivity contribution is 9.10. The Kier molecular flexibility index (Phi) is 3.62. The number of sulfone groups is 1. The van der Waals surface area contributed by atoms with Gasteiger partial charge in [0.25, 0.3) is 0 Å². The molecule has 0 fully saturated rings. The summed E-state index contributed by atoms with van der Waals surface area (Å²) in [6.45, 7) is 0.580. The Bertz CT molecular complexity index is 806. The first kappa shape index (κ1) is 14.3. The van der Waals surface area contributed by atoms with Crippen molar-refractivity contribution < 1.29 is 13.2 Å². The monoisotopic (exact) mass is 368 g/mol. The summed E-state index contributed by atoms with van der Waals surface area (Å²) in [6.07, 6.45) is 3.55. The van der Waals surface area contributed by atoms with Crippen LogP contribution in [-0.2, 0) is 22.0 Å². The number of pyridine rings is 1. The molecule has 1 aliphatic heterocycles. The van der Waals surface area contributed by atoms with Gasteiger partial charge in [-0.1, -0.05) is 15.9 Å². The van der Waals surface area contributed by atoms with Crippen molar-refractivity contribution in [1.82, 2.24) is 4.98 Å². The fourth-order valence-electron chi connectivity index (χ4n) is 2.41. The number of nitrogens with two attached hydrogens (primary N) is 1. The highest BCUT2D eigenvalue weighted by Gasteiger charge is 2.24. The molecule has 7 heteroatoms. The third kappa shape index (κ3) is 2.75. The number of aromatic nitrogens is 1. The first-order valence-electron chi connectivity index (χ1n) is 6.34. The molecule has 0 atom stereocenters. The summed E-state index contributed by atoms with van der Waals surface area (Å²) < 4.78 is 31.5. The molecular formula is C14H13BrN2O3S. The maximum atomic E-state index is 12.6. The quantitative estimate of drug-likeness (QED) is 0.898. The van der Waals surface area contributed by atoms with Gasteiger partial charge >= 0.3 is 0 Å². The number of fused-ring (bicyclic) bond motifs is 1. The van der Waals surface area contributed by atoms with Crippen LogP contribution in [0.2, 0.25) is 0 Å². The summed E-state index contributed by atoms with van der Waals surface area (Å²) in [5.41, 5.74) is 7.55. The van der Waals surface area contributed by atoms with Crippen LogP contribution in [0.5, 0.6) is 5.75 Å². The molecule has 21 heavy (non-hydrogen) atoms. The summed E-state index contributed by atoms with van der Waals surface area (Å²) in [6, 6.07) is 5.15. The van der Waals surface area contributed by atoms with E-state index in [0.717, 1.165) is 16.5 Å². The van der Waals surface area contributed by atoms with Gasteiger partial charge in [-0.3, -0.25) is 4.98 Å². The molecule has 0 saturated heterocycles. The predicted octanol–water partition coefficient (Wildman–Crippen LogP) is 2.34. The van der Waals surface area contributed by atoms with E-state index in [1.165, 1.54) is 18.5 Å². The van der Waals surface area contributed by atoms with Crippen molar-refractivity contribution in [3.05, 3.63) is 46.2 Å². The van der Waals surface area contributed by atoms with Crippen molar-refractivity contribution in [2.24, 2.45) is 0 Å². The molecule has 0 radical (unpaired) electrons. The van der Waals surface area contributed by atoms with Gasteiger partial charge in [0, 0.05) is 22.7 Å². The van der Waals surface area contributed by atoms with Gasteiger partial charge in [0.05, 0.1) is 29.1 Å². The molecule has 110 valence electrons. The second-order valence-electron chi connectivity index (χ2n) is 4.82. The Hall–Kier alpha value is -1.60. The van der Waals surface area contributed by atoms with E-state index in [-0.39, 0.29) is 16.3 Å². The lowest BCUT2D eigenvalue weighted by Crippen LogP contribution is -2.09. The van der Waals surface area contributed by atoms with E-state index in [1.807, 2.05) is 6.07 Å². The molecule has 2 heterocycles. The molecule has 0 aliphatic carbocycles. The summed E-state index contributed by atoms with van der Waals surface area (Å²) in [5, 5.41) is 0. The molecule has 5 nitrogen and oxygen atoms in total. The van der Waals surface area contributed by atoms with E-state index in [9.17, 15) is 8.42 Å². The second kappa shape index (κ2) is 5.31. The van der Waals surface area contributed by atoms with E-state index in [1.54, 1.807) is 6.07 Å². The van der Waals surface area contributed by atoms with Crippen LogP contribution >= 0.6 is 15.9 Å². The average molecular weight is 369 g/mol. The molecule has 1 aromatic carbocycles. The van der Waals surface area contributed by atoms with Gasteiger partial charge in [0.15, 0.2) is 9.84 Å². The van der Waals surface area contributed by atoms with Crippen LogP contribution in [0.25, 0.3) is 0 Å². The zero-order chi connectivity index (χ0) is 15.0. The SMILES string of the molecule is Nc1cnccc1S(=O)(=O)Cc1cc(Br)cc2c1OCC2. The Labute approximate surface area is 131 Å². The topological polar surface area (TPSA) is 82.3 Å². The van der Waals surface area contributed by atoms with Crippen molar-refractivity contribution in [3.8, 4) is 5.75 Å². The number of nitrogen functional groups attached to an aromatic ring is 1. The van der Waals surface area contributed by atoms with Crippen LogP contribution in [-0.4, -0.2) is 20.0 Å². The summed E-state index contributed by atoms with van der Waals surface area (Å²) in [7, 11) is -3.55. The highest BCUT2D eigenvalue weighted by Crippen LogP contribution is 2.35. The summed E-state index contributed by atoms with van der Waals surface area (Å²) in [4.78, 5) is 3.92. The standard InChI is InChI=1S/C14H13BrN2O3S/c15-11-5-9-2-4-20-14(9)10(6-11)8-21(18,19)13-1-3-17-7-12(13)16/h1,3,5-7H,2,4,8,16H2. The fraction of sp³-hybridized carbons (Fsp3) is 0.214. The first-order chi connectivity index (χ1) is 9.97. The highest BCUT2D eigenvalue weighted by atomic mass is 79.9. The first-order valence-corrected chi connectivity index (χ1v) is 8.78. The van der Waals surface area contributed by atoms with Crippen molar-refractivity contribution in [1.29, 1.82) is 0 Å². The largest absolute Gasteiger partial charge is 0.493 e. The lowest BCUT2D eigenvalue weighted by molar-refractivity contribution is 0.354. The van der Waals surface area contributed by atoms with Gasteiger partial charge in [-0.2, -0.15) is 0 Å². The Morgan fingerprint density at radius 1 is 1.38 bits per heavy atom. The Balaban J connectivity index is 2.03. The summed E-state index contributed by atoms with van der Waals surface area (Å²) >= 11 is 3.41. The molecule has 0 amide bonds. The zero-order valence-corrected chi connectivity index (χ0v) is 13.4. The molecule has 0 saturated carbocycles. The molecule has 2 N–H and O–H groups in total. The number of anilines is 1. The average Bonchev–Trinajstić information content (AvgIpc) is 2.86. The van der Waals surface area contributed by atoms with Gasteiger partial charge < -0.3 is 10.5 Å². The van der Waals surface area contributed by atoms with E-state index in [4.69, 9.17) is 10.5 Å². The Morgan fingerprint density at radius 3 is 2.95 bits per heavy atom. The second-order valence-corrected chi connectivity index (χ2v) is 7.70. The number of rotatable bonds is 3. The van der Waals surface area contributed by atoms with Crippen molar-refractivity contribution in [2.75, 3.05) is 12.3 Å². The minimum absolute atomic E-state index is 0.101. The van der Waals surface area contributed by atoms with E-state index >= 15 is 0 Å². The van der Waals surface area contributed by atoms with Crippen LogP contribution in [0.3, 0.4) is 0 Å². The third-order valence-corrected chi connectivity index (χ3v) is 5.51. The van der Waals surface area contributed by atoms with Gasteiger partial charge in [-0.25, -0.2) is 8.42 Å². The van der Waals surface area contributed by atoms with E-state index in [0.29, 0.717) is 17.9 Å². The smallest absolute Gasteiger partial charge is 0.184 e. The minimum Gasteiger partial charge on any atom is -0.493 e. The maximum Gasteiger partial charge on any atom is 0.184 e. The molecule has 0 unspecified atom stereocenters. The van der Waals surface area contributed by atoms with E-state index in [2.05, 4.69) is 20.9 Å². The molecule has 1 aromatic heterocycles. The van der Waals surface area contributed by atoms with Crippen LogP contribution in [0.1, 0.15) is 11.1 Å². The zero-order valence-electron chi connectivity index (χ0n) is 11.0. The maximum absolute atomic E-state index is 12.6. The molecular weight excluding hydrogens is 356 g/mol. The van der Waals surface area contributed by atoms with Gasteiger partial charge in [-0.05, 0) is 23.8 Å². The number of hydrogen-bond donors (Lipinski definition) is 1. The number of hydrogen-bond acceptors (Lipinski definition) is 5. The molecule has 0 bridgehead atoms. The number of nitrogens with zero attached hydrogens (tertiary/aromatic N) is 1. The summed E-state index contributed by atoms with van der Waals surface area (Å²) in [5.74, 6) is 0.526. The van der Waals surface area contributed by atoms with E-state index < -0.39 is 9.84 Å². The molecule has 3 rings (SSSR count). The number of ether oxygens (including phenoxy) is 1. The Morgan fingerprint density at radius 2 is 2.19 bits per heavy atom. The van der Waals surface area contributed by atoms with Crippen LogP contribution in [0, 0.1) is 0 Å². The predicted molar refractivity (Wildman–Crippen MR) is 82.9 cm³/mol. The molecule has 1 aliphatic rings. The lowest BCUT2D eigenvalue weighted by Gasteiger charge is -2.11. The number of benzene rings is 1. The van der Waals surface area contributed by atoms with Crippen molar-refractivity contribution >= 4 is 31.5 Å². The number of halogens is 1.